The third-order valence-electron chi connectivity index (χ3n) is 5.69. The number of nitrogens with one attached hydrogen (secondary N) is 1. The number of aromatic nitrogens is 1. The molecule has 164 valence electrons. The number of carbonyl (C=O) groups excluding carboxylic acids is 1. The molecule has 3 aromatic rings. The molecule has 33 heavy (non-hydrogen) atoms. The van der Waals surface area contributed by atoms with Gasteiger partial charge in [-0.05, 0) is 67.9 Å². The predicted molar refractivity (Wildman–Crippen MR) is 130 cm³/mol. The maximum absolute atomic E-state index is 14.4. The van der Waals surface area contributed by atoms with Gasteiger partial charge in [0.15, 0.2) is 5.84 Å². The number of aryl methyl sites for hydroxylation is 2. The minimum Gasteiger partial charge on any atom is -0.315 e. The van der Waals surface area contributed by atoms with Gasteiger partial charge in [-0.15, -0.1) is 0 Å². The number of amidine groups is 2. The van der Waals surface area contributed by atoms with E-state index in [9.17, 15) is 9.18 Å². The van der Waals surface area contributed by atoms with Crippen molar-refractivity contribution in [3.8, 4) is 5.69 Å². The van der Waals surface area contributed by atoms with Crippen LogP contribution in [0.1, 0.15) is 28.1 Å². The van der Waals surface area contributed by atoms with Crippen LogP contribution >= 0.6 is 11.8 Å². The molecule has 1 aromatic heterocycles. The second-order valence-electron chi connectivity index (χ2n) is 7.85. The average molecular weight is 458 g/mol. The summed E-state index contributed by atoms with van der Waals surface area (Å²) in [5.41, 5.74) is 4.88. The maximum atomic E-state index is 14.4. The molecule has 0 aliphatic carbocycles. The third kappa shape index (κ3) is 3.52. The average Bonchev–Trinajstić information content (AvgIpc) is 3.32. The van der Waals surface area contributed by atoms with Gasteiger partial charge in [-0.1, -0.05) is 36.4 Å². The van der Waals surface area contributed by atoms with Crippen molar-refractivity contribution >= 4 is 39.8 Å². The number of para-hydroxylation sites is 1. The summed E-state index contributed by atoms with van der Waals surface area (Å²) in [7, 11) is 0. The molecule has 0 atom stereocenters. The van der Waals surface area contributed by atoms with E-state index in [-0.39, 0.29) is 17.2 Å². The first-order valence-corrected chi connectivity index (χ1v) is 11.2. The number of hydrogen-bond acceptors (Lipinski definition) is 4. The number of amides is 1. The minimum atomic E-state index is -0.490. The summed E-state index contributed by atoms with van der Waals surface area (Å²) < 4.78 is 16.2. The van der Waals surface area contributed by atoms with E-state index in [0.717, 1.165) is 28.1 Å². The molecule has 0 saturated heterocycles. The number of fused-ring (bicyclic) bond motifs is 1. The Morgan fingerprint density at radius 1 is 1.06 bits per heavy atom. The molecular formula is C25H20FN5OS. The van der Waals surface area contributed by atoms with E-state index < -0.39 is 5.91 Å². The summed E-state index contributed by atoms with van der Waals surface area (Å²) >= 11 is 1.28. The summed E-state index contributed by atoms with van der Waals surface area (Å²) in [5.74, 6) is -0.853. The van der Waals surface area contributed by atoms with Gasteiger partial charge in [0.1, 0.15) is 10.9 Å². The van der Waals surface area contributed by atoms with E-state index in [0.29, 0.717) is 15.9 Å². The van der Waals surface area contributed by atoms with Crippen LogP contribution in [0.25, 0.3) is 11.8 Å². The number of halogens is 1. The van der Waals surface area contributed by atoms with Crippen LogP contribution in [0.4, 0.5) is 4.39 Å². The largest absolute Gasteiger partial charge is 0.315 e. The lowest BCUT2D eigenvalue weighted by Crippen LogP contribution is -2.35. The molecule has 0 bridgehead atoms. The molecule has 2 aliphatic rings. The van der Waals surface area contributed by atoms with Gasteiger partial charge in [0.2, 0.25) is 5.17 Å². The molecule has 1 amide bonds. The smallest absolute Gasteiger partial charge is 0.283 e. The van der Waals surface area contributed by atoms with Crippen molar-refractivity contribution in [3.05, 3.63) is 94.1 Å². The number of rotatable bonds is 3. The van der Waals surface area contributed by atoms with Crippen molar-refractivity contribution in [2.45, 2.75) is 20.8 Å². The standard InChI is InChI=1S/C25H20FN5OS/c1-14-8-4-5-9-18(14)24-29-31-22(27)19(23(32)28-25(31)33-24)13-17-12-15(2)30(16(17)3)21-11-7-6-10-20(21)26/h4-13,27H,1-3H3/b19-13+,27-22?. The van der Waals surface area contributed by atoms with Crippen LogP contribution in [-0.4, -0.2) is 31.5 Å². The molecule has 0 saturated carbocycles. The van der Waals surface area contributed by atoms with Gasteiger partial charge < -0.3 is 4.57 Å². The fraction of sp³-hybridized carbons (Fsp3) is 0.120. The SMILES string of the molecule is Cc1ccccc1C1=NN2C(=N)/C(=C\c3cc(C)n(-c4ccccc4F)c3C)C(=O)N=C2S1. The number of hydrazone groups is 1. The lowest BCUT2D eigenvalue weighted by molar-refractivity contribution is -0.114. The fourth-order valence-corrected chi connectivity index (χ4v) is 4.99. The van der Waals surface area contributed by atoms with E-state index >= 15 is 0 Å². The molecule has 3 heterocycles. The van der Waals surface area contributed by atoms with Gasteiger partial charge >= 0.3 is 0 Å². The molecule has 1 N–H and O–H groups in total. The van der Waals surface area contributed by atoms with E-state index in [2.05, 4.69) is 10.1 Å². The highest BCUT2D eigenvalue weighted by molar-refractivity contribution is 8.27. The minimum absolute atomic E-state index is 0.0308. The van der Waals surface area contributed by atoms with Crippen molar-refractivity contribution in [2.24, 2.45) is 10.1 Å². The van der Waals surface area contributed by atoms with Crippen LogP contribution in [0.2, 0.25) is 0 Å². The van der Waals surface area contributed by atoms with Crippen molar-refractivity contribution < 1.29 is 9.18 Å². The van der Waals surface area contributed by atoms with Gasteiger partial charge in [0.05, 0.1) is 11.3 Å². The van der Waals surface area contributed by atoms with Crippen LogP contribution in [0.3, 0.4) is 0 Å². The Balaban J connectivity index is 1.53. The van der Waals surface area contributed by atoms with Gasteiger partial charge in [-0.2, -0.15) is 15.1 Å². The summed E-state index contributed by atoms with van der Waals surface area (Å²) in [5, 5.41) is 15.7. The highest BCUT2D eigenvalue weighted by Crippen LogP contribution is 2.32. The molecule has 2 aromatic carbocycles. The predicted octanol–water partition coefficient (Wildman–Crippen LogP) is 5.21. The fourth-order valence-electron chi connectivity index (χ4n) is 4.01. The lowest BCUT2D eigenvalue weighted by Gasteiger charge is -2.20. The summed E-state index contributed by atoms with van der Waals surface area (Å²) in [6.45, 7) is 5.73. The van der Waals surface area contributed by atoms with Gasteiger partial charge in [-0.3, -0.25) is 10.2 Å². The van der Waals surface area contributed by atoms with Crippen molar-refractivity contribution in [3.63, 3.8) is 0 Å². The number of hydrogen-bond donors (Lipinski definition) is 1. The Morgan fingerprint density at radius 3 is 2.55 bits per heavy atom. The number of carbonyl (C=O) groups is 1. The first kappa shape index (κ1) is 21.1. The van der Waals surface area contributed by atoms with Crippen LogP contribution in [0.5, 0.6) is 0 Å². The zero-order valence-electron chi connectivity index (χ0n) is 18.3. The third-order valence-corrected chi connectivity index (χ3v) is 6.64. The highest BCUT2D eigenvalue weighted by Gasteiger charge is 2.36. The Bertz CT molecular complexity index is 1430. The number of aliphatic imine (C=N–C) groups is 1. The van der Waals surface area contributed by atoms with Gasteiger partial charge in [0.25, 0.3) is 5.91 Å². The van der Waals surface area contributed by atoms with E-state index in [4.69, 9.17) is 5.41 Å². The van der Waals surface area contributed by atoms with Gasteiger partial charge in [-0.25, -0.2) is 4.39 Å². The molecule has 0 spiro atoms. The molecule has 2 aliphatic heterocycles. The quantitative estimate of drug-likeness (QED) is 0.549. The van der Waals surface area contributed by atoms with Crippen LogP contribution < -0.4 is 0 Å². The monoisotopic (exact) mass is 457 g/mol. The van der Waals surface area contributed by atoms with Crippen molar-refractivity contribution in [2.75, 3.05) is 0 Å². The summed E-state index contributed by atoms with van der Waals surface area (Å²) in [4.78, 5) is 17.0. The first-order chi connectivity index (χ1) is 15.8. The maximum Gasteiger partial charge on any atom is 0.283 e. The highest BCUT2D eigenvalue weighted by atomic mass is 32.2. The molecule has 6 nitrogen and oxygen atoms in total. The molecule has 8 heteroatoms. The van der Waals surface area contributed by atoms with Gasteiger partial charge in [0, 0.05) is 17.0 Å². The summed E-state index contributed by atoms with van der Waals surface area (Å²) in [6.07, 6.45) is 1.64. The van der Waals surface area contributed by atoms with Crippen LogP contribution in [-0.2, 0) is 4.79 Å². The van der Waals surface area contributed by atoms with E-state index in [1.54, 1.807) is 28.8 Å². The van der Waals surface area contributed by atoms with Crippen LogP contribution in [0, 0.1) is 32.0 Å². The Labute approximate surface area is 194 Å². The van der Waals surface area contributed by atoms with Crippen molar-refractivity contribution in [1.82, 2.24) is 9.58 Å². The zero-order chi connectivity index (χ0) is 23.3. The molecule has 5 rings (SSSR count). The molecule has 0 unspecified atom stereocenters. The van der Waals surface area contributed by atoms with E-state index in [1.807, 2.05) is 51.1 Å². The topological polar surface area (TPSA) is 73.8 Å². The zero-order valence-corrected chi connectivity index (χ0v) is 19.1. The second kappa shape index (κ2) is 7.97. The molecule has 0 radical (unpaired) electrons. The number of thioether (sulfide) groups is 1. The Hall–Kier alpha value is -3.78. The summed E-state index contributed by atoms with van der Waals surface area (Å²) in [6, 6.07) is 16.2. The molecule has 0 fully saturated rings. The Kier molecular flexibility index (Phi) is 5.09. The number of benzene rings is 2. The molecular weight excluding hydrogens is 437 g/mol. The first-order valence-electron chi connectivity index (χ1n) is 10.3. The van der Waals surface area contributed by atoms with E-state index in [1.165, 1.54) is 22.8 Å². The van der Waals surface area contributed by atoms with Crippen LogP contribution in [0.15, 0.2) is 70.3 Å². The second-order valence-corrected chi connectivity index (χ2v) is 8.81. The Morgan fingerprint density at radius 2 is 1.79 bits per heavy atom. The number of nitrogens with zero attached hydrogens (tertiary/aromatic N) is 4. The van der Waals surface area contributed by atoms with Crippen molar-refractivity contribution in [1.29, 1.82) is 5.41 Å². The normalized spacial score (nSPS) is 16.8. The lowest BCUT2D eigenvalue weighted by atomic mass is 10.1.